The predicted molar refractivity (Wildman–Crippen MR) is 86.5 cm³/mol. The van der Waals surface area contributed by atoms with Gasteiger partial charge in [-0.1, -0.05) is 18.9 Å². The largest absolute Gasteiger partial charge is 0.397 e. The maximum absolute atomic E-state index is 12.0. The molecule has 1 aliphatic carbocycles. The molecule has 0 radical (unpaired) electrons. The fourth-order valence-corrected chi connectivity index (χ4v) is 3.64. The summed E-state index contributed by atoms with van der Waals surface area (Å²) >= 11 is 1.46. The fraction of sp³-hybridized carbons (Fsp3) is 0.533. The van der Waals surface area contributed by atoms with Crippen LogP contribution >= 0.6 is 11.3 Å². The second-order valence-corrected chi connectivity index (χ2v) is 6.43. The lowest BCUT2D eigenvalue weighted by atomic mass is 10.1. The molecule has 3 N–H and O–H groups in total. The monoisotopic (exact) mass is 293 g/mol. The van der Waals surface area contributed by atoms with Crippen molar-refractivity contribution in [3.8, 4) is 0 Å². The van der Waals surface area contributed by atoms with Crippen molar-refractivity contribution in [1.29, 1.82) is 0 Å². The lowest BCUT2D eigenvalue weighted by Gasteiger charge is -2.21. The number of hydrogen-bond acceptors (Lipinski definition) is 4. The van der Waals surface area contributed by atoms with E-state index in [1.165, 1.54) is 37.0 Å². The molecule has 0 atom stereocenters. The summed E-state index contributed by atoms with van der Waals surface area (Å²) in [5.41, 5.74) is 6.52. The molecule has 0 aromatic carbocycles. The molecule has 20 heavy (non-hydrogen) atoms. The van der Waals surface area contributed by atoms with Gasteiger partial charge < -0.3 is 16.0 Å². The zero-order chi connectivity index (χ0) is 14.5. The molecule has 1 aromatic heterocycles. The van der Waals surface area contributed by atoms with Gasteiger partial charge in [-0.2, -0.15) is 0 Å². The van der Waals surface area contributed by atoms with Crippen molar-refractivity contribution in [1.82, 2.24) is 5.32 Å². The molecule has 1 aliphatic rings. The minimum absolute atomic E-state index is 0.118. The first kappa shape index (κ1) is 14.9. The molecule has 1 heterocycles. The highest BCUT2D eigenvalue weighted by Gasteiger charge is 2.20. The van der Waals surface area contributed by atoms with Crippen molar-refractivity contribution in [2.24, 2.45) is 5.92 Å². The standard InChI is InChI=1S/C15H23N3OS/c1-3-8-17-15(19)14-12(16)9-13(20-14)18(2)10-11-6-4-5-7-11/h3,9,11H,1,4-8,10,16H2,2H3,(H,17,19). The van der Waals surface area contributed by atoms with Gasteiger partial charge in [0.1, 0.15) is 4.88 Å². The van der Waals surface area contributed by atoms with E-state index in [9.17, 15) is 4.79 Å². The number of anilines is 2. The Morgan fingerprint density at radius 3 is 2.95 bits per heavy atom. The molecule has 0 spiro atoms. The highest BCUT2D eigenvalue weighted by molar-refractivity contribution is 7.18. The van der Waals surface area contributed by atoms with E-state index in [-0.39, 0.29) is 5.91 Å². The third-order valence-corrected chi connectivity index (χ3v) is 5.01. The summed E-state index contributed by atoms with van der Waals surface area (Å²) in [7, 11) is 2.08. The number of hydrogen-bond donors (Lipinski definition) is 2. The van der Waals surface area contributed by atoms with Crippen molar-refractivity contribution >= 4 is 27.9 Å². The Morgan fingerprint density at radius 1 is 1.60 bits per heavy atom. The summed E-state index contributed by atoms with van der Waals surface area (Å²) in [5.74, 6) is 0.661. The van der Waals surface area contributed by atoms with E-state index >= 15 is 0 Å². The van der Waals surface area contributed by atoms with Gasteiger partial charge in [0.25, 0.3) is 5.91 Å². The van der Waals surface area contributed by atoms with Crippen LogP contribution in [0.4, 0.5) is 10.7 Å². The molecule has 4 nitrogen and oxygen atoms in total. The van der Waals surface area contributed by atoms with Crippen LogP contribution in [0.2, 0.25) is 0 Å². The number of nitrogen functional groups attached to an aromatic ring is 1. The Bertz CT molecular complexity index is 477. The molecule has 1 amide bonds. The van der Waals surface area contributed by atoms with Crippen molar-refractivity contribution in [2.45, 2.75) is 25.7 Å². The smallest absolute Gasteiger partial charge is 0.263 e. The maximum Gasteiger partial charge on any atom is 0.263 e. The minimum atomic E-state index is -0.118. The van der Waals surface area contributed by atoms with Gasteiger partial charge in [0.05, 0.1) is 10.7 Å². The van der Waals surface area contributed by atoms with E-state index in [1.807, 2.05) is 6.07 Å². The summed E-state index contributed by atoms with van der Waals surface area (Å²) in [6, 6.07) is 1.91. The van der Waals surface area contributed by atoms with Crippen LogP contribution in [0.25, 0.3) is 0 Å². The lowest BCUT2D eigenvalue weighted by Crippen LogP contribution is -2.23. The fourth-order valence-electron chi connectivity index (χ4n) is 2.67. The van der Waals surface area contributed by atoms with Crippen LogP contribution in [0.1, 0.15) is 35.4 Å². The van der Waals surface area contributed by atoms with E-state index in [4.69, 9.17) is 5.73 Å². The van der Waals surface area contributed by atoms with Gasteiger partial charge in [-0.05, 0) is 24.8 Å². The molecule has 5 heteroatoms. The average molecular weight is 293 g/mol. The summed E-state index contributed by atoms with van der Waals surface area (Å²) in [6.07, 6.45) is 6.99. The normalized spacial score (nSPS) is 15.2. The first-order valence-electron chi connectivity index (χ1n) is 7.11. The molecule has 2 rings (SSSR count). The Labute approximate surface area is 124 Å². The second-order valence-electron chi connectivity index (χ2n) is 5.40. The molecule has 1 saturated carbocycles. The molecule has 110 valence electrons. The van der Waals surface area contributed by atoms with Gasteiger partial charge in [-0.3, -0.25) is 4.79 Å². The van der Waals surface area contributed by atoms with Crippen LogP contribution in [-0.4, -0.2) is 26.0 Å². The number of carbonyl (C=O) groups excluding carboxylic acids is 1. The first-order valence-corrected chi connectivity index (χ1v) is 7.93. The van der Waals surface area contributed by atoms with Gasteiger partial charge in [0, 0.05) is 20.1 Å². The summed E-state index contributed by atoms with van der Waals surface area (Å²) in [4.78, 5) is 14.8. The molecule has 0 aliphatic heterocycles. The molecule has 1 aromatic rings. The van der Waals surface area contributed by atoms with E-state index in [0.29, 0.717) is 17.1 Å². The van der Waals surface area contributed by atoms with Gasteiger partial charge in [-0.15, -0.1) is 17.9 Å². The average Bonchev–Trinajstić information content (AvgIpc) is 3.05. The number of carbonyl (C=O) groups is 1. The Balaban J connectivity index is 2.01. The molecule has 1 fully saturated rings. The highest BCUT2D eigenvalue weighted by atomic mass is 32.1. The zero-order valence-corrected chi connectivity index (χ0v) is 12.8. The van der Waals surface area contributed by atoms with Gasteiger partial charge >= 0.3 is 0 Å². The van der Waals surface area contributed by atoms with Crippen molar-refractivity contribution in [3.63, 3.8) is 0 Å². The summed E-state index contributed by atoms with van der Waals surface area (Å²) in [6.45, 7) is 5.10. The van der Waals surface area contributed by atoms with E-state index in [2.05, 4.69) is 23.8 Å². The summed E-state index contributed by atoms with van der Waals surface area (Å²) in [5, 5.41) is 3.84. The number of thiophene rings is 1. The zero-order valence-electron chi connectivity index (χ0n) is 12.0. The van der Waals surface area contributed by atoms with Crippen molar-refractivity contribution < 1.29 is 4.79 Å². The van der Waals surface area contributed by atoms with E-state index < -0.39 is 0 Å². The Kier molecular flexibility index (Phi) is 5.06. The van der Waals surface area contributed by atoms with Crippen molar-refractivity contribution in [3.05, 3.63) is 23.6 Å². The van der Waals surface area contributed by atoms with Crippen LogP contribution < -0.4 is 16.0 Å². The number of rotatable bonds is 6. The predicted octanol–water partition coefficient (Wildman–Crippen LogP) is 2.87. The van der Waals surface area contributed by atoms with Crippen LogP contribution in [0.15, 0.2) is 18.7 Å². The van der Waals surface area contributed by atoms with Crippen LogP contribution in [-0.2, 0) is 0 Å². The highest BCUT2D eigenvalue weighted by Crippen LogP contribution is 2.33. The maximum atomic E-state index is 12.0. The minimum Gasteiger partial charge on any atom is -0.397 e. The van der Waals surface area contributed by atoms with Crippen molar-refractivity contribution in [2.75, 3.05) is 30.8 Å². The first-order chi connectivity index (χ1) is 9.61. The Hall–Kier alpha value is -1.49. The summed E-state index contributed by atoms with van der Waals surface area (Å²) < 4.78 is 0. The molecule has 0 unspecified atom stereocenters. The van der Waals surface area contributed by atoms with E-state index in [0.717, 1.165) is 17.5 Å². The van der Waals surface area contributed by atoms with Gasteiger partial charge in [0.15, 0.2) is 0 Å². The number of nitrogens with two attached hydrogens (primary N) is 1. The SMILES string of the molecule is C=CCNC(=O)c1sc(N(C)CC2CCCC2)cc1N. The van der Waals surface area contributed by atoms with Gasteiger partial charge in [-0.25, -0.2) is 0 Å². The quantitative estimate of drug-likeness (QED) is 0.793. The van der Waals surface area contributed by atoms with Crippen LogP contribution in [0, 0.1) is 5.92 Å². The molecular weight excluding hydrogens is 270 g/mol. The lowest BCUT2D eigenvalue weighted by molar-refractivity contribution is 0.0963. The number of nitrogens with zero attached hydrogens (tertiary/aromatic N) is 1. The molecule has 0 saturated heterocycles. The molecule has 0 bridgehead atoms. The third kappa shape index (κ3) is 3.54. The number of amides is 1. The topological polar surface area (TPSA) is 58.4 Å². The number of nitrogens with one attached hydrogen (secondary N) is 1. The third-order valence-electron chi connectivity index (χ3n) is 3.74. The van der Waals surface area contributed by atoms with Crippen LogP contribution in [0.5, 0.6) is 0 Å². The van der Waals surface area contributed by atoms with E-state index in [1.54, 1.807) is 6.08 Å². The second kappa shape index (κ2) is 6.79. The van der Waals surface area contributed by atoms with Crippen LogP contribution in [0.3, 0.4) is 0 Å². The Morgan fingerprint density at radius 2 is 2.30 bits per heavy atom. The van der Waals surface area contributed by atoms with Gasteiger partial charge in [0.2, 0.25) is 0 Å². The molecular formula is C15H23N3OS.